The molecule has 4 heterocycles. The van der Waals surface area contributed by atoms with Gasteiger partial charge in [-0.3, -0.25) is 4.90 Å². The van der Waals surface area contributed by atoms with Gasteiger partial charge in [-0.25, -0.2) is 14.4 Å². The minimum absolute atomic E-state index is 0.295. The number of nitrogens with one attached hydrogen (secondary N) is 2. The van der Waals surface area contributed by atoms with Crippen molar-refractivity contribution in [2.45, 2.75) is 18.8 Å². The van der Waals surface area contributed by atoms with Crippen LogP contribution >= 0.6 is 0 Å². The van der Waals surface area contributed by atoms with Crippen LogP contribution in [0.3, 0.4) is 0 Å². The van der Waals surface area contributed by atoms with E-state index in [0.29, 0.717) is 24.0 Å². The standard InChI is InChI=1S/C21H19FN6/c22-14-3-4-15-17(12-14)25-21-16(2-1-8-24-21)19-18(15)26-20(27-19)13-5-9-28(10-6-13)11-7-23/h1-4,8,12-13H,5-6,9-11H2,(H,24,25)(H,26,27). The highest BCUT2D eigenvalue weighted by Crippen LogP contribution is 2.43. The van der Waals surface area contributed by atoms with Crippen molar-refractivity contribution in [3.05, 3.63) is 48.2 Å². The van der Waals surface area contributed by atoms with Gasteiger partial charge in [-0.15, -0.1) is 0 Å². The Balaban J connectivity index is 1.58. The van der Waals surface area contributed by atoms with Crippen LogP contribution < -0.4 is 5.32 Å². The van der Waals surface area contributed by atoms with E-state index < -0.39 is 0 Å². The summed E-state index contributed by atoms with van der Waals surface area (Å²) in [6.45, 7) is 2.27. The minimum atomic E-state index is -0.295. The zero-order valence-corrected chi connectivity index (χ0v) is 15.2. The molecule has 0 atom stereocenters. The topological polar surface area (TPSA) is 80.6 Å². The van der Waals surface area contributed by atoms with Gasteiger partial charge in [-0.05, 0) is 56.3 Å². The maximum atomic E-state index is 13.9. The Morgan fingerprint density at radius 3 is 2.89 bits per heavy atom. The maximum absolute atomic E-state index is 13.9. The van der Waals surface area contributed by atoms with Gasteiger partial charge in [0.05, 0.1) is 24.0 Å². The quantitative estimate of drug-likeness (QED) is 0.518. The number of nitrogens with zero attached hydrogens (tertiary/aromatic N) is 4. The van der Waals surface area contributed by atoms with Gasteiger partial charge in [0.25, 0.3) is 0 Å². The number of anilines is 2. The highest BCUT2D eigenvalue weighted by Gasteiger charge is 2.28. The van der Waals surface area contributed by atoms with Crippen LogP contribution in [0, 0.1) is 17.1 Å². The molecule has 0 radical (unpaired) electrons. The highest BCUT2D eigenvalue weighted by molar-refractivity contribution is 5.94. The number of likely N-dealkylation sites (tertiary alicyclic amines) is 1. The van der Waals surface area contributed by atoms with Crippen LogP contribution in [0.25, 0.3) is 22.5 Å². The summed E-state index contributed by atoms with van der Waals surface area (Å²) in [6.07, 6.45) is 3.64. The largest absolute Gasteiger partial charge is 0.341 e. The van der Waals surface area contributed by atoms with Crippen molar-refractivity contribution in [1.29, 1.82) is 5.26 Å². The molecule has 0 aliphatic carbocycles. The predicted molar refractivity (Wildman–Crippen MR) is 105 cm³/mol. The van der Waals surface area contributed by atoms with Gasteiger partial charge in [0.2, 0.25) is 0 Å². The molecule has 5 rings (SSSR count). The van der Waals surface area contributed by atoms with E-state index in [4.69, 9.17) is 10.2 Å². The average Bonchev–Trinajstić information content (AvgIpc) is 3.09. The van der Waals surface area contributed by atoms with Crippen molar-refractivity contribution in [3.8, 4) is 28.6 Å². The normalized spacial score (nSPS) is 16.3. The fourth-order valence-corrected chi connectivity index (χ4v) is 4.10. The number of halogens is 1. The molecule has 140 valence electrons. The second kappa shape index (κ2) is 6.73. The van der Waals surface area contributed by atoms with Crippen LogP contribution in [0.15, 0.2) is 36.5 Å². The Kier molecular flexibility index (Phi) is 4.06. The molecule has 1 saturated heterocycles. The highest BCUT2D eigenvalue weighted by atomic mass is 19.1. The first-order chi connectivity index (χ1) is 13.7. The zero-order chi connectivity index (χ0) is 19.1. The number of aromatic nitrogens is 3. The number of aromatic amines is 1. The Morgan fingerprint density at radius 1 is 1.21 bits per heavy atom. The van der Waals surface area contributed by atoms with E-state index in [0.717, 1.165) is 54.3 Å². The number of hydrogen-bond donors (Lipinski definition) is 2. The number of rotatable bonds is 2. The molecule has 2 N–H and O–H groups in total. The summed E-state index contributed by atoms with van der Waals surface area (Å²) in [5.74, 6) is 1.65. The Labute approximate surface area is 162 Å². The van der Waals surface area contributed by atoms with E-state index >= 15 is 0 Å². The van der Waals surface area contributed by atoms with Crippen LogP contribution in [0.2, 0.25) is 0 Å². The van der Waals surface area contributed by atoms with Gasteiger partial charge in [0.1, 0.15) is 23.2 Å². The fraction of sp³-hybridized carbons (Fsp3) is 0.286. The van der Waals surface area contributed by atoms with Crippen LogP contribution in [-0.4, -0.2) is 39.5 Å². The maximum Gasteiger partial charge on any atom is 0.139 e. The van der Waals surface area contributed by atoms with E-state index in [9.17, 15) is 4.39 Å². The summed E-state index contributed by atoms with van der Waals surface area (Å²) in [5.41, 5.74) is 4.20. The molecule has 28 heavy (non-hydrogen) atoms. The summed E-state index contributed by atoms with van der Waals surface area (Å²) in [4.78, 5) is 15.1. The second-order valence-electron chi connectivity index (χ2n) is 7.27. The number of pyridine rings is 1. The van der Waals surface area contributed by atoms with E-state index in [1.54, 1.807) is 12.3 Å². The number of fused-ring (bicyclic) bond motifs is 5. The smallest absolute Gasteiger partial charge is 0.139 e. The van der Waals surface area contributed by atoms with Crippen LogP contribution in [-0.2, 0) is 0 Å². The minimum Gasteiger partial charge on any atom is -0.341 e. The predicted octanol–water partition coefficient (Wildman–Crippen LogP) is 4.04. The molecular formula is C21H19FN6. The molecule has 1 aromatic carbocycles. The third-order valence-corrected chi connectivity index (χ3v) is 5.56. The van der Waals surface area contributed by atoms with Gasteiger partial charge >= 0.3 is 0 Å². The second-order valence-corrected chi connectivity index (χ2v) is 7.27. The third kappa shape index (κ3) is 2.83. The van der Waals surface area contributed by atoms with Gasteiger partial charge in [0, 0.05) is 23.2 Å². The number of hydrogen-bond acceptors (Lipinski definition) is 5. The third-order valence-electron chi connectivity index (χ3n) is 5.56. The van der Waals surface area contributed by atoms with Gasteiger partial charge in [0.15, 0.2) is 0 Å². The van der Waals surface area contributed by atoms with Crippen molar-refractivity contribution >= 4 is 11.5 Å². The first kappa shape index (κ1) is 16.9. The Hall–Kier alpha value is -3.24. The van der Waals surface area contributed by atoms with Crippen molar-refractivity contribution in [1.82, 2.24) is 19.9 Å². The molecule has 3 aromatic rings. The molecule has 0 spiro atoms. The zero-order valence-electron chi connectivity index (χ0n) is 15.2. The van der Waals surface area contributed by atoms with Crippen LogP contribution in [0.5, 0.6) is 0 Å². The van der Waals surface area contributed by atoms with Gasteiger partial charge in [-0.1, -0.05) is 0 Å². The number of nitriles is 1. The molecule has 2 aliphatic rings. The number of piperidine rings is 1. The number of H-pyrrole nitrogens is 1. The lowest BCUT2D eigenvalue weighted by Crippen LogP contribution is -2.33. The Bertz CT molecular complexity index is 1070. The summed E-state index contributed by atoms with van der Waals surface area (Å²) in [5, 5.41) is 12.1. The molecule has 0 bridgehead atoms. The number of imidazole rings is 1. The summed E-state index contributed by atoms with van der Waals surface area (Å²) >= 11 is 0. The SMILES string of the molecule is N#CCN1CCC(c2nc3c([nH]2)-c2ccc(F)cc2Nc2ncccc2-3)CC1. The molecule has 2 aromatic heterocycles. The van der Waals surface area contributed by atoms with Crippen molar-refractivity contribution in [2.75, 3.05) is 25.0 Å². The molecule has 6 nitrogen and oxygen atoms in total. The number of benzene rings is 1. The van der Waals surface area contributed by atoms with E-state index in [1.165, 1.54) is 12.1 Å². The van der Waals surface area contributed by atoms with Crippen molar-refractivity contribution in [3.63, 3.8) is 0 Å². The molecular weight excluding hydrogens is 355 g/mol. The van der Waals surface area contributed by atoms with E-state index in [1.807, 2.05) is 12.1 Å². The lowest BCUT2D eigenvalue weighted by atomic mass is 9.96. The molecule has 0 saturated carbocycles. The lowest BCUT2D eigenvalue weighted by Gasteiger charge is -2.29. The van der Waals surface area contributed by atoms with Crippen LogP contribution in [0.1, 0.15) is 24.6 Å². The first-order valence-corrected chi connectivity index (χ1v) is 9.44. The summed E-state index contributed by atoms with van der Waals surface area (Å²) in [7, 11) is 0. The molecule has 0 unspecified atom stereocenters. The molecule has 1 fully saturated rings. The lowest BCUT2D eigenvalue weighted by molar-refractivity contribution is 0.232. The van der Waals surface area contributed by atoms with E-state index in [2.05, 4.69) is 26.3 Å². The van der Waals surface area contributed by atoms with Crippen molar-refractivity contribution < 1.29 is 4.39 Å². The van der Waals surface area contributed by atoms with Crippen LogP contribution in [0.4, 0.5) is 15.9 Å². The summed E-state index contributed by atoms with van der Waals surface area (Å²) in [6, 6.07) is 10.8. The molecule has 2 aliphatic heterocycles. The Morgan fingerprint density at radius 2 is 2.07 bits per heavy atom. The fourth-order valence-electron chi connectivity index (χ4n) is 4.10. The average molecular weight is 374 g/mol. The van der Waals surface area contributed by atoms with Gasteiger partial charge < -0.3 is 10.3 Å². The van der Waals surface area contributed by atoms with E-state index in [-0.39, 0.29) is 5.82 Å². The summed E-state index contributed by atoms with van der Waals surface area (Å²) < 4.78 is 13.9. The molecule has 7 heteroatoms. The van der Waals surface area contributed by atoms with Crippen molar-refractivity contribution in [2.24, 2.45) is 0 Å². The first-order valence-electron chi connectivity index (χ1n) is 9.44. The monoisotopic (exact) mass is 374 g/mol. The molecule has 0 amide bonds. The van der Waals surface area contributed by atoms with Gasteiger partial charge in [-0.2, -0.15) is 5.26 Å².